The number of halogens is 1. The van der Waals surface area contributed by atoms with Gasteiger partial charge in [0.25, 0.3) is 5.56 Å². The maximum Gasteiger partial charge on any atom is 0.338 e. The van der Waals surface area contributed by atoms with E-state index in [9.17, 15) is 14.4 Å². The molecule has 2 aromatic carbocycles. The number of carbonyl (C=O) groups excluding carboxylic acids is 2. The second-order valence-corrected chi connectivity index (χ2v) is 10.2. The molecule has 0 fully saturated rings. The number of hydrogen-bond donors (Lipinski definition) is 0. The Bertz CT molecular complexity index is 1830. The predicted octanol–water partition coefficient (Wildman–Crippen LogP) is 4.89. The number of thiazole rings is 1. The number of esters is 2. The second-order valence-electron chi connectivity index (χ2n) is 8.83. The topological polar surface area (TPSA) is 100 Å². The van der Waals surface area contributed by atoms with Gasteiger partial charge in [0, 0.05) is 16.7 Å². The minimum atomic E-state index is -0.802. The molecule has 0 amide bonds. The van der Waals surface area contributed by atoms with E-state index in [1.165, 1.54) is 15.9 Å². The number of carbonyl (C=O) groups is 2. The number of nitrogens with zero attached hydrogens (tertiary/aromatic N) is 2. The molecule has 0 radical (unpaired) electrons. The van der Waals surface area contributed by atoms with Crippen molar-refractivity contribution in [3.63, 3.8) is 0 Å². The molecule has 1 aliphatic heterocycles. The fourth-order valence-corrected chi connectivity index (χ4v) is 5.78. The number of benzene rings is 2. The molecule has 0 saturated heterocycles. The standard InChI is InChI=1S/C30H25ClN2O6S/c1-4-37-28(35)19-10-8-9-18(15-19)23-14-13-20(39-23)16-24-27(34)33-26(21-11-6-7-12-22(21)31)25(29(36)38-5-2)17(3)32-30(33)40-24/h6-16,26H,4-5H2,1-3H3/b24-16+/t26-/m1/s1. The third-order valence-electron chi connectivity index (χ3n) is 6.28. The van der Waals surface area contributed by atoms with Crippen LogP contribution in [0.25, 0.3) is 17.4 Å². The first-order valence-electron chi connectivity index (χ1n) is 12.6. The van der Waals surface area contributed by atoms with Crippen molar-refractivity contribution in [1.29, 1.82) is 0 Å². The number of fused-ring (bicyclic) bond motifs is 1. The monoisotopic (exact) mass is 576 g/mol. The maximum atomic E-state index is 13.8. The molecule has 5 rings (SSSR count). The molecule has 0 bridgehead atoms. The fraction of sp³-hybridized carbons (Fsp3) is 0.200. The number of furan rings is 1. The van der Waals surface area contributed by atoms with E-state index < -0.39 is 18.0 Å². The van der Waals surface area contributed by atoms with Gasteiger partial charge in [-0.15, -0.1) is 0 Å². The molecule has 3 heterocycles. The molecule has 40 heavy (non-hydrogen) atoms. The highest BCUT2D eigenvalue weighted by atomic mass is 35.5. The Kier molecular flexibility index (Phi) is 7.86. The van der Waals surface area contributed by atoms with Crippen LogP contribution in [-0.4, -0.2) is 29.7 Å². The quantitative estimate of drug-likeness (QED) is 0.291. The Balaban J connectivity index is 1.59. The number of ether oxygens (including phenoxy) is 2. The van der Waals surface area contributed by atoms with Crippen molar-refractivity contribution in [3.8, 4) is 11.3 Å². The van der Waals surface area contributed by atoms with Crippen molar-refractivity contribution in [2.45, 2.75) is 26.8 Å². The Labute approximate surface area is 238 Å². The minimum absolute atomic E-state index is 0.179. The van der Waals surface area contributed by atoms with Crippen molar-refractivity contribution in [1.82, 2.24) is 4.57 Å². The largest absolute Gasteiger partial charge is 0.463 e. The van der Waals surface area contributed by atoms with Crippen molar-refractivity contribution < 1.29 is 23.5 Å². The molecular formula is C30H25ClN2O6S. The summed E-state index contributed by atoms with van der Waals surface area (Å²) in [5.74, 6) is 0.00320. The van der Waals surface area contributed by atoms with Crippen molar-refractivity contribution in [2.24, 2.45) is 4.99 Å². The van der Waals surface area contributed by atoms with E-state index in [1.54, 1.807) is 81.4 Å². The first kappa shape index (κ1) is 27.4. The van der Waals surface area contributed by atoms with Crippen LogP contribution in [-0.2, 0) is 14.3 Å². The molecule has 1 aliphatic rings. The molecule has 204 valence electrons. The molecule has 0 aliphatic carbocycles. The molecule has 0 unspecified atom stereocenters. The third-order valence-corrected chi connectivity index (χ3v) is 7.60. The van der Waals surface area contributed by atoms with Gasteiger partial charge in [-0.1, -0.05) is 53.3 Å². The van der Waals surface area contributed by atoms with Gasteiger partial charge in [0.2, 0.25) is 0 Å². The Morgan fingerprint density at radius 1 is 1.05 bits per heavy atom. The Morgan fingerprint density at radius 2 is 1.80 bits per heavy atom. The summed E-state index contributed by atoms with van der Waals surface area (Å²) in [5.41, 5.74) is 2.08. The fourth-order valence-electron chi connectivity index (χ4n) is 4.51. The zero-order chi connectivity index (χ0) is 28.4. The first-order valence-corrected chi connectivity index (χ1v) is 13.8. The van der Waals surface area contributed by atoms with E-state index in [2.05, 4.69) is 4.99 Å². The second kappa shape index (κ2) is 11.5. The van der Waals surface area contributed by atoms with Gasteiger partial charge in [-0.05, 0) is 56.7 Å². The first-order chi connectivity index (χ1) is 19.3. The van der Waals surface area contributed by atoms with Crippen molar-refractivity contribution in [3.05, 3.63) is 114 Å². The van der Waals surface area contributed by atoms with Crippen LogP contribution < -0.4 is 14.9 Å². The highest BCUT2D eigenvalue weighted by Gasteiger charge is 2.34. The van der Waals surface area contributed by atoms with Crippen LogP contribution in [0.2, 0.25) is 5.02 Å². The van der Waals surface area contributed by atoms with Gasteiger partial charge >= 0.3 is 11.9 Å². The smallest absolute Gasteiger partial charge is 0.338 e. The van der Waals surface area contributed by atoms with Crippen LogP contribution in [0.15, 0.2) is 86.1 Å². The summed E-state index contributed by atoms with van der Waals surface area (Å²) in [6.07, 6.45) is 1.63. The van der Waals surface area contributed by atoms with Gasteiger partial charge in [0.05, 0.1) is 34.6 Å². The molecule has 0 spiro atoms. The molecule has 8 nitrogen and oxygen atoms in total. The number of allylic oxidation sites excluding steroid dienone is 1. The average molecular weight is 577 g/mol. The molecular weight excluding hydrogens is 552 g/mol. The van der Waals surface area contributed by atoms with Crippen LogP contribution in [0.1, 0.15) is 48.5 Å². The molecule has 10 heteroatoms. The van der Waals surface area contributed by atoms with Gasteiger partial charge in [0.15, 0.2) is 4.80 Å². The van der Waals surface area contributed by atoms with Gasteiger partial charge in [-0.25, -0.2) is 14.6 Å². The van der Waals surface area contributed by atoms with E-state index in [0.29, 0.717) is 48.3 Å². The predicted molar refractivity (Wildman–Crippen MR) is 152 cm³/mol. The number of rotatable bonds is 7. The van der Waals surface area contributed by atoms with Gasteiger partial charge < -0.3 is 13.9 Å². The lowest BCUT2D eigenvalue weighted by molar-refractivity contribution is -0.139. The summed E-state index contributed by atoms with van der Waals surface area (Å²) >= 11 is 7.73. The summed E-state index contributed by atoms with van der Waals surface area (Å²) in [7, 11) is 0. The van der Waals surface area contributed by atoms with Gasteiger partial charge in [-0.3, -0.25) is 9.36 Å². The normalized spacial score (nSPS) is 15.0. The van der Waals surface area contributed by atoms with Gasteiger partial charge in [0.1, 0.15) is 17.6 Å². The van der Waals surface area contributed by atoms with Crippen LogP contribution in [0.4, 0.5) is 0 Å². The average Bonchev–Trinajstić information content (AvgIpc) is 3.53. The van der Waals surface area contributed by atoms with E-state index in [1.807, 2.05) is 6.07 Å². The maximum absolute atomic E-state index is 13.8. The van der Waals surface area contributed by atoms with E-state index in [-0.39, 0.29) is 24.3 Å². The molecule has 4 aromatic rings. The highest BCUT2D eigenvalue weighted by Crippen LogP contribution is 2.34. The van der Waals surface area contributed by atoms with Crippen LogP contribution in [0, 0.1) is 0 Å². The number of aromatic nitrogens is 1. The summed E-state index contributed by atoms with van der Waals surface area (Å²) in [4.78, 5) is 43.9. The zero-order valence-electron chi connectivity index (χ0n) is 22.0. The zero-order valence-corrected chi connectivity index (χ0v) is 23.5. The lowest BCUT2D eigenvalue weighted by Gasteiger charge is -2.25. The molecule has 2 aromatic heterocycles. The van der Waals surface area contributed by atoms with Gasteiger partial charge in [-0.2, -0.15) is 0 Å². The summed E-state index contributed by atoms with van der Waals surface area (Å²) < 4.78 is 18.3. The van der Waals surface area contributed by atoms with Crippen LogP contribution in [0.3, 0.4) is 0 Å². The van der Waals surface area contributed by atoms with Crippen LogP contribution in [0.5, 0.6) is 0 Å². The molecule has 1 atom stereocenters. The lowest BCUT2D eigenvalue weighted by atomic mass is 9.96. The van der Waals surface area contributed by atoms with E-state index in [4.69, 9.17) is 25.5 Å². The minimum Gasteiger partial charge on any atom is -0.463 e. The molecule has 0 saturated carbocycles. The number of hydrogen-bond acceptors (Lipinski definition) is 8. The summed E-state index contributed by atoms with van der Waals surface area (Å²) in [5, 5.41) is 0.416. The SMILES string of the molecule is CCOC(=O)C1=C(C)N=c2s/c(=C/c3ccc(-c4cccc(C(=O)OCC)c4)o3)c(=O)n2[C@@H]1c1ccccc1Cl. The Morgan fingerprint density at radius 3 is 2.55 bits per heavy atom. The van der Waals surface area contributed by atoms with E-state index >= 15 is 0 Å². The summed E-state index contributed by atoms with van der Waals surface area (Å²) in [6.45, 7) is 5.65. The van der Waals surface area contributed by atoms with E-state index in [0.717, 1.165) is 0 Å². The molecule has 0 N–H and O–H groups in total. The van der Waals surface area contributed by atoms with Crippen molar-refractivity contribution in [2.75, 3.05) is 13.2 Å². The summed E-state index contributed by atoms with van der Waals surface area (Å²) in [6, 6.07) is 16.7. The Hall–Kier alpha value is -4.21. The highest BCUT2D eigenvalue weighted by molar-refractivity contribution is 7.07. The third kappa shape index (κ3) is 5.17. The van der Waals surface area contributed by atoms with Crippen LogP contribution >= 0.6 is 22.9 Å². The van der Waals surface area contributed by atoms with Crippen molar-refractivity contribution >= 4 is 41.0 Å². The lowest BCUT2D eigenvalue weighted by Crippen LogP contribution is -2.40.